The highest BCUT2D eigenvalue weighted by molar-refractivity contribution is 5.94. The predicted molar refractivity (Wildman–Crippen MR) is 99.5 cm³/mol. The van der Waals surface area contributed by atoms with Crippen molar-refractivity contribution in [3.8, 4) is 16.9 Å². The van der Waals surface area contributed by atoms with Crippen LogP contribution in [-0.4, -0.2) is 19.1 Å². The average molecular weight is 325 g/mol. The van der Waals surface area contributed by atoms with Crippen LogP contribution in [0.2, 0.25) is 0 Å². The fourth-order valence-corrected chi connectivity index (χ4v) is 2.40. The van der Waals surface area contributed by atoms with Crippen LogP contribution in [-0.2, 0) is 0 Å². The number of benzene rings is 2. The first-order valence-electron chi connectivity index (χ1n) is 8.50. The number of rotatable bonds is 6. The zero-order valence-electron chi connectivity index (χ0n) is 15.1. The molecule has 0 aliphatic heterocycles. The molecule has 0 bridgehead atoms. The summed E-state index contributed by atoms with van der Waals surface area (Å²) in [6.07, 6.45) is 0.959. The summed E-state index contributed by atoms with van der Waals surface area (Å²) in [6.45, 7) is 9.83. The first-order valence-corrected chi connectivity index (χ1v) is 8.50. The van der Waals surface area contributed by atoms with E-state index in [0.29, 0.717) is 18.7 Å². The Balaban J connectivity index is 2.02. The lowest BCUT2D eigenvalue weighted by atomic mass is 9.92. The molecule has 0 saturated heterocycles. The van der Waals surface area contributed by atoms with Gasteiger partial charge in [0.1, 0.15) is 5.75 Å². The third-order valence-corrected chi connectivity index (χ3v) is 3.79. The van der Waals surface area contributed by atoms with Gasteiger partial charge in [0.2, 0.25) is 0 Å². The van der Waals surface area contributed by atoms with Gasteiger partial charge in [0.15, 0.2) is 0 Å². The van der Waals surface area contributed by atoms with Crippen LogP contribution in [0.1, 0.15) is 44.5 Å². The highest BCUT2D eigenvalue weighted by Gasteiger charge is 2.11. The molecule has 2 aromatic carbocycles. The molecule has 0 aliphatic rings. The van der Waals surface area contributed by atoms with Crippen molar-refractivity contribution in [3.05, 3.63) is 54.1 Å². The van der Waals surface area contributed by atoms with Gasteiger partial charge in [-0.2, -0.15) is 0 Å². The SMILES string of the molecule is CCOc1cccc(-c2ccc(C(=O)NCCC(C)(C)C)cc2)c1. The van der Waals surface area contributed by atoms with E-state index in [4.69, 9.17) is 4.74 Å². The van der Waals surface area contributed by atoms with Crippen LogP contribution in [0.15, 0.2) is 48.5 Å². The minimum Gasteiger partial charge on any atom is -0.494 e. The molecule has 0 unspecified atom stereocenters. The standard InChI is InChI=1S/C21H27NO2/c1-5-24-19-8-6-7-18(15-19)16-9-11-17(12-10-16)20(23)22-14-13-21(2,3)4/h6-12,15H,5,13-14H2,1-4H3,(H,22,23). The summed E-state index contributed by atoms with van der Waals surface area (Å²) in [5.41, 5.74) is 3.07. The molecule has 2 aromatic rings. The molecule has 0 saturated carbocycles. The summed E-state index contributed by atoms with van der Waals surface area (Å²) in [6, 6.07) is 15.7. The largest absolute Gasteiger partial charge is 0.494 e. The molecule has 3 heteroatoms. The summed E-state index contributed by atoms with van der Waals surface area (Å²) < 4.78 is 5.54. The Morgan fingerprint density at radius 1 is 1.04 bits per heavy atom. The van der Waals surface area contributed by atoms with Gasteiger partial charge < -0.3 is 10.1 Å². The van der Waals surface area contributed by atoms with Gasteiger partial charge in [0.25, 0.3) is 5.91 Å². The number of carbonyl (C=O) groups excluding carboxylic acids is 1. The van der Waals surface area contributed by atoms with E-state index in [1.54, 1.807) is 0 Å². The molecule has 0 atom stereocenters. The van der Waals surface area contributed by atoms with Gasteiger partial charge in [-0.05, 0) is 54.2 Å². The van der Waals surface area contributed by atoms with E-state index < -0.39 is 0 Å². The van der Waals surface area contributed by atoms with Gasteiger partial charge in [-0.3, -0.25) is 4.79 Å². The molecule has 24 heavy (non-hydrogen) atoms. The zero-order chi connectivity index (χ0) is 17.6. The summed E-state index contributed by atoms with van der Waals surface area (Å²) in [4.78, 5) is 12.2. The molecule has 128 valence electrons. The van der Waals surface area contributed by atoms with Gasteiger partial charge in [0.05, 0.1) is 6.61 Å². The van der Waals surface area contributed by atoms with Crippen molar-refractivity contribution >= 4 is 5.91 Å². The van der Waals surface area contributed by atoms with E-state index in [1.807, 2.05) is 55.5 Å². The maximum absolute atomic E-state index is 12.2. The monoisotopic (exact) mass is 325 g/mol. The molecular weight excluding hydrogens is 298 g/mol. The zero-order valence-corrected chi connectivity index (χ0v) is 15.1. The summed E-state index contributed by atoms with van der Waals surface area (Å²) in [5.74, 6) is 0.841. The third kappa shape index (κ3) is 5.41. The normalized spacial score (nSPS) is 11.2. The Hall–Kier alpha value is -2.29. The van der Waals surface area contributed by atoms with Crippen molar-refractivity contribution in [1.29, 1.82) is 0 Å². The lowest BCUT2D eigenvalue weighted by molar-refractivity contribution is 0.0949. The van der Waals surface area contributed by atoms with Crippen molar-refractivity contribution in [2.24, 2.45) is 5.41 Å². The van der Waals surface area contributed by atoms with Crippen LogP contribution < -0.4 is 10.1 Å². The van der Waals surface area contributed by atoms with E-state index in [1.165, 1.54) is 0 Å². The number of hydrogen-bond donors (Lipinski definition) is 1. The molecule has 0 radical (unpaired) electrons. The second kappa shape index (κ2) is 8.00. The minimum atomic E-state index is -0.0196. The second-order valence-corrected chi connectivity index (χ2v) is 7.10. The van der Waals surface area contributed by atoms with Crippen molar-refractivity contribution in [2.45, 2.75) is 34.1 Å². The summed E-state index contributed by atoms with van der Waals surface area (Å²) in [7, 11) is 0. The maximum Gasteiger partial charge on any atom is 0.251 e. The number of carbonyl (C=O) groups is 1. The predicted octanol–water partition coefficient (Wildman–Crippen LogP) is 4.92. The highest BCUT2D eigenvalue weighted by Crippen LogP contribution is 2.24. The summed E-state index contributed by atoms with van der Waals surface area (Å²) >= 11 is 0. The van der Waals surface area contributed by atoms with Crippen LogP contribution in [0.5, 0.6) is 5.75 Å². The van der Waals surface area contributed by atoms with Crippen molar-refractivity contribution < 1.29 is 9.53 Å². The molecule has 1 N–H and O–H groups in total. The van der Waals surface area contributed by atoms with E-state index in [0.717, 1.165) is 23.3 Å². The first kappa shape index (κ1) is 18.1. The number of nitrogens with one attached hydrogen (secondary N) is 1. The van der Waals surface area contributed by atoms with E-state index in [9.17, 15) is 4.79 Å². The van der Waals surface area contributed by atoms with Crippen molar-refractivity contribution in [3.63, 3.8) is 0 Å². The highest BCUT2D eigenvalue weighted by atomic mass is 16.5. The van der Waals surface area contributed by atoms with Crippen LogP contribution in [0.3, 0.4) is 0 Å². The maximum atomic E-state index is 12.2. The van der Waals surface area contributed by atoms with Gasteiger partial charge in [-0.15, -0.1) is 0 Å². The fourth-order valence-electron chi connectivity index (χ4n) is 2.40. The van der Waals surface area contributed by atoms with Crippen molar-refractivity contribution in [2.75, 3.05) is 13.2 Å². The number of hydrogen-bond acceptors (Lipinski definition) is 2. The lowest BCUT2D eigenvalue weighted by Gasteiger charge is -2.18. The summed E-state index contributed by atoms with van der Waals surface area (Å²) in [5, 5.41) is 2.98. The molecular formula is C21H27NO2. The molecule has 0 spiro atoms. The van der Waals surface area contributed by atoms with Crippen molar-refractivity contribution in [1.82, 2.24) is 5.32 Å². The smallest absolute Gasteiger partial charge is 0.251 e. The van der Waals surface area contributed by atoms with Crippen LogP contribution >= 0.6 is 0 Å². The number of amides is 1. The van der Waals surface area contributed by atoms with Gasteiger partial charge >= 0.3 is 0 Å². The third-order valence-electron chi connectivity index (χ3n) is 3.79. The Labute approximate surface area is 145 Å². The second-order valence-electron chi connectivity index (χ2n) is 7.10. The first-order chi connectivity index (χ1) is 11.4. The van der Waals surface area contributed by atoms with Gasteiger partial charge in [0, 0.05) is 12.1 Å². The van der Waals surface area contributed by atoms with Gasteiger partial charge in [-0.25, -0.2) is 0 Å². The molecule has 0 heterocycles. The van der Waals surface area contributed by atoms with Gasteiger partial charge in [-0.1, -0.05) is 45.0 Å². The molecule has 3 nitrogen and oxygen atoms in total. The molecule has 0 aliphatic carbocycles. The fraction of sp³-hybridized carbons (Fsp3) is 0.381. The Bertz CT molecular complexity index is 669. The Kier molecular flexibility index (Phi) is 6.02. The molecule has 2 rings (SSSR count). The van der Waals surface area contributed by atoms with Crippen LogP contribution in [0, 0.1) is 5.41 Å². The van der Waals surface area contributed by atoms with Crippen LogP contribution in [0.4, 0.5) is 0 Å². The molecule has 0 aromatic heterocycles. The van der Waals surface area contributed by atoms with E-state index >= 15 is 0 Å². The van der Waals surface area contributed by atoms with Crippen LogP contribution in [0.25, 0.3) is 11.1 Å². The molecule has 0 fully saturated rings. The molecule has 1 amide bonds. The average Bonchev–Trinajstić information content (AvgIpc) is 2.54. The van der Waals surface area contributed by atoms with E-state index in [-0.39, 0.29) is 11.3 Å². The quantitative estimate of drug-likeness (QED) is 0.819. The van der Waals surface area contributed by atoms with E-state index in [2.05, 4.69) is 26.1 Å². The Morgan fingerprint density at radius 3 is 2.38 bits per heavy atom. The lowest BCUT2D eigenvalue weighted by Crippen LogP contribution is -2.27. The number of ether oxygens (including phenoxy) is 1. The minimum absolute atomic E-state index is 0.0196. The topological polar surface area (TPSA) is 38.3 Å². The Morgan fingerprint density at radius 2 is 1.75 bits per heavy atom.